The number of hydrogen-bond acceptors (Lipinski definition) is 6. The van der Waals surface area contributed by atoms with Crippen LogP contribution in [0.15, 0.2) is 54.6 Å². The quantitative estimate of drug-likeness (QED) is 0.458. The van der Waals surface area contributed by atoms with E-state index in [9.17, 15) is 9.59 Å². The van der Waals surface area contributed by atoms with Gasteiger partial charge in [-0.15, -0.1) is 0 Å². The first-order valence-electron chi connectivity index (χ1n) is 10.6. The zero-order valence-corrected chi connectivity index (χ0v) is 18.9. The molecule has 1 aliphatic heterocycles. The molecule has 2 heterocycles. The summed E-state index contributed by atoms with van der Waals surface area (Å²) < 4.78 is 10.5. The summed E-state index contributed by atoms with van der Waals surface area (Å²) in [7, 11) is 1.33. The second-order valence-electron chi connectivity index (χ2n) is 7.87. The number of benzene rings is 2. The van der Waals surface area contributed by atoms with Crippen molar-refractivity contribution in [3.8, 4) is 0 Å². The number of pyridine rings is 1. The summed E-state index contributed by atoms with van der Waals surface area (Å²) in [6.07, 6.45) is 0. The fourth-order valence-electron chi connectivity index (χ4n) is 4.59. The molecule has 7 heteroatoms. The van der Waals surface area contributed by atoms with Crippen molar-refractivity contribution in [2.45, 2.75) is 31.8 Å². The molecule has 1 aliphatic rings. The zero-order chi connectivity index (χ0) is 22.8. The third-order valence-corrected chi connectivity index (χ3v) is 6.33. The van der Waals surface area contributed by atoms with Crippen LogP contribution in [0, 0.1) is 12.8 Å². The molecule has 4 rings (SSSR count). The minimum absolute atomic E-state index is 0.231. The minimum Gasteiger partial charge on any atom is -0.468 e. The highest BCUT2D eigenvalue weighted by Gasteiger charge is 2.52. The number of esters is 2. The van der Waals surface area contributed by atoms with Gasteiger partial charge in [0, 0.05) is 17.3 Å². The maximum absolute atomic E-state index is 13.2. The molecule has 6 nitrogen and oxygen atoms in total. The van der Waals surface area contributed by atoms with Crippen LogP contribution in [0.1, 0.15) is 35.6 Å². The third-order valence-electron chi connectivity index (χ3n) is 6.02. The Labute approximate surface area is 191 Å². The van der Waals surface area contributed by atoms with Crippen LogP contribution in [0.2, 0.25) is 5.15 Å². The molecule has 0 radical (unpaired) electrons. The number of para-hydroxylation sites is 1. The van der Waals surface area contributed by atoms with Crippen LogP contribution >= 0.6 is 11.6 Å². The molecule has 0 saturated carbocycles. The van der Waals surface area contributed by atoms with Gasteiger partial charge >= 0.3 is 11.9 Å². The Balaban J connectivity index is 1.91. The molecule has 3 aromatic rings. The number of rotatable bonds is 5. The van der Waals surface area contributed by atoms with E-state index in [0.717, 1.165) is 22.0 Å². The van der Waals surface area contributed by atoms with E-state index < -0.39 is 35.9 Å². The summed E-state index contributed by atoms with van der Waals surface area (Å²) in [6.45, 7) is 3.96. The van der Waals surface area contributed by atoms with Crippen LogP contribution in [0.4, 0.5) is 0 Å². The summed E-state index contributed by atoms with van der Waals surface area (Å²) in [5, 5.41) is 4.47. The molecule has 0 aliphatic carbocycles. The Bertz CT molecular complexity index is 1150. The molecule has 166 valence electrons. The molecule has 32 heavy (non-hydrogen) atoms. The Hall–Kier alpha value is -2.96. The molecule has 1 fully saturated rings. The van der Waals surface area contributed by atoms with E-state index in [-0.39, 0.29) is 11.8 Å². The van der Waals surface area contributed by atoms with E-state index in [4.69, 9.17) is 21.1 Å². The lowest BCUT2D eigenvalue weighted by molar-refractivity contribution is -0.149. The van der Waals surface area contributed by atoms with Crippen molar-refractivity contribution >= 4 is 34.4 Å². The molecule has 1 aromatic heterocycles. The van der Waals surface area contributed by atoms with Crippen LogP contribution < -0.4 is 5.32 Å². The number of aromatic nitrogens is 1. The highest BCUT2D eigenvalue weighted by molar-refractivity contribution is 6.30. The molecular weight excluding hydrogens is 428 g/mol. The van der Waals surface area contributed by atoms with Gasteiger partial charge in [0.1, 0.15) is 11.2 Å². The topological polar surface area (TPSA) is 77.5 Å². The van der Waals surface area contributed by atoms with E-state index in [1.807, 2.05) is 61.5 Å². The second kappa shape index (κ2) is 9.27. The van der Waals surface area contributed by atoms with Crippen LogP contribution in [0.25, 0.3) is 10.9 Å². The van der Waals surface area contributed by atoms with Gasteiger partial charge in [0.2, 0.25) is 0 Å². The molecule has 2 aromatic carbocycles. The molecule has 1 saturated heterocycles. The number of nitrogens with zero attached hydrogens (tertiary/aromatic N) is 1. The van der Waals surface area contributed by atoms with Gasteiger partial charge in [-0.3, -0.25) is 14.9 Å². The number of halogens is 1. The number of carbonyl (C=O) groups excluding carboxylic acids is 2. The van der Waals surface area contributed by atoms with Gasteiger partial charge in [0.25, 0.3) is 0 Å². The summed E-state index contributed by atoms with van der Waals surface area (Å²) in [5.74, 6) is -2.17. The molecule has 0 amide bonds. The lowest BCUT2D eigenvalue weighted by Gasteiger charge is -2.25. The standard InChI is InChI=1S/C25H25ClN2O4/c1-4-32-24(29)19-18(17-13-16-12-8-9-14(2)20(16)28-23(17)26)22(25(30)31-3)27-21(19)15-10-6-5-7-11-15/h5-13,18-19,21-22,27H,4H2,1-3H3/t18-,19-,21-,22-/m1/s1. The van der Waals surface area contributed by atoms with Gasteiger partial charge in [-0.2, -0.15) is 0 Å². The van der Waals surface area contributed by atoms with Crippen molar-refractivity contribution in [2.24, 2.45) is 5.92 Å². The molecule has 1 N–H and O–H groups in total. The van der Waals surface area contributed by atoms with Crippen LogP contribution in [-0.4, -0.2) is 36.7 Å². The summed E-state index contributed by atoms with van der Waals surface area (Å²) >= 11 is 6.67. The van der Waals surface area contributed by atoms with E-state index in [0.29, 0.717) is 5.56 Å². The average Bonchev–Trinajstić information content (AvgIpc) is 3.20. The fraction of sp³-hybridized carbons (Fsp3) is 0.320. The zero-order valence-electron chi connectivity index (χ0n) is 18.2. The fourth-order valence-corrected chi connectivity index (χ4v) is 4.85. The van der Waals surface area contributed by atoms with Crippen molar-refractivity contribution in [2.75, 3.05) is 13.7 Å². The monoisotopic (exact) mass is 452 g/mol. The first-order valence-corrected chi connectivity index (χ1v) is 10.9. The van der Waals surface area contributed by atoms with Gasteiger partial charge in [-0.05, 0) is 36.6 Å². The summed E-state index contributed by atoms with van der Waals surface area (Å²) in [6, 6.07) is 16.1. The lowest BCUT2D eigenvalue weighted by Crippen LogP contribution is -2.37. The van der Waals surface area contributed by atoms with Crippen LogP contribution in [-0.2, 0) is 19.1 Å². The van der Waals surface area contributed by atoms with E-state index in [2.05, 4.69) is 10.3 Å². The Morgan fingerprint density at radius 3 is 2.53 bits per heavy atom. The number of carbonyl (C=O) groups is 2. The highest BCUT2D eigenvalue weighted by Crippen LogP contribution is 2.46. The maximum atomic E-state index is 13.2. The molecule has 0 bridgehead atoms. The third kappa shape index (κ3) is 3.96. The van der Waals surface area contributed by atoms with E-state index in [1.165, 1.54) is 7.11 Å². The van der Waals surface area contributed by atoms with Gasteiger partial charge in [-0.1, -0.05) is 60.1 Å². The van der Waals surface area contributed by atoms with Crippen LogP contribution in [0.5, 0.6) is 0 Å². The van der Waals surface area contributed by atoms with Crippen molar-refractivity contribution in [3.05, 3.63) is 76.4 Å². The molecular formula is C25H25ClN2O4. The number of methoxy groups -OCH3 is 1. The number of fused-ring (bicyclic) bond motifs is 1. The molecule has 0 spiro atoms. The maximum Gasteiger partial charge on any atom is 0.323 e. The Morgan fingerprint density at radius 2 is 1.84 bits per heavy atom. The van der Waals surface area contributed by atoms with E-state index >= 15 is 0 Å². The first kappa shape index (κ1) is 22.2. The summed E-state index contributed by atoms with van der Waals surface area (Å²) in [4.78, 5) is 30.7. The van der Waals surface area contributed by atoms with Crippen molar-refractivity contribution < 1.29 is 19.1 Å². The largest absolute Gasteiger partial charge is 0.468 e. The first-order chi connectivity index (χ1) is 15.5. The van der Waals surface area contributed by atoms with Crippen LogP contribution in [0.3, 0.4) is 0 Å². The smallest absolute Gasteiger partial charge is 0.323 e. The molecule has 4 atom stereocenters. The summed E-state index contributed by atoms with van der Waals surface area (Å²) in [5.41, 5.74) is 3.27. The number of hydrogen-bond donors (Lipinski definition) is 1. The SMILES string of the molecule is CCOC(=O)[C@@H]1[C@@H](c2cc3cccc(C)c3nc2Cl)[C@H](C(=O)OC)N[C@@H]1c1ccccc1. The normalized spacial score (nSPS) is 22.6. The van der Waals surface area contributed by atoms with Gasteiger partial charge in [-0.25, -0.2) is 4.98 Å². The predicted octanol–water partition coefficient (Wildman–Crippen LogP) is 4.35. The number of aryl methyl sites for hydroxylation is 1. The average molecular weight is 453 g/mol. The van der Waals surface area contributed by atoms with E-state index in [1.54, 1.807) is 6.92 Å². The minimum atomic E-state index is -0.791. The van der Waals surface area contributed by atoms with Crippen molar-refractivity contribution in [1.82, 2.24) is 10.3 Å². The predicted molar refractivity (Wildman–Crippen MR) is 122 cm³/mol. The Kier molecular flexibility index (Phi) is 6.44. The Morgan fingerprint density at radius 1 is 1.09 bits per heavy atom. The van der Waals surface area contributed by atoms with Gasteiger partial charge in [0.15, 0.2) is 0 Å². The number of ether oxygens (including phenoxy) is 2. The highest BCUT2D eigenvalue weighted by atomic mass is 35.5. The molecule has 0 unspecified atom stereocenters. The van der Waals surface area contributed by atoms with Crippen molar-refractivity contribution in [1.29, 1.82) is 0 Å². The van der Waals surface area contributed by atoms with Gasteiger partial charge in [0.05, 0.1) is 25.2 Å². The lowest BCUT2D eigenvalue weighted by atomic mass is 9.80. The second-order valence-corrected chi connectivity index (χ2v) is 8.23. The van der Waals surface area contributed by atoms with Gasteiger partial charge < -0.3 is 9.47 Å². The number of nitrogens with one attached hydrogen (secondary N) is 1. The van der Waals surface area contributed by atoms with Crippen molar-refractivity contribution in [3.63, 3.8) is 0 Å².